The van der Waals surface area contributed by atoms with Crippen molar-refractivity contribution < 1.29 is 42.9 Å². The van der Waals surface area contributed by atoms with Crippen molar-refractivity contribution in [3.05, 3.63) is 24.3 Å². The molecule has 276 valence electrons. The van der Waals surface area contributed by atoms with Gasteiger partial charge >= 0.3 is 11.9 Å². The topological polar surface area (TPSA) is 117 Å². The molecule has 0 bridgehead atoms. The molecule has 0 aromatic heterocycles. The number of fused-ring (bicyclic) bond motifs is 8. The lowest BCUT2D eigenvalue weighted by molar-refractivity contribution is -0.196. The van der Waals surface area contributed by atoms with Crippen LogP contribution in [0.25, 0.3) is 0 Å². The van der Waals surface area contributed by atoms with Gasteiger partial charge in [-0.1, -0.05) is 24.3 Å². The summed E-state index contributed by atoms with van der Waals surface area (Å²) in [5.41, 5.74) is -0.831. The summed E-state index contributed by atoms with van der Waals surface area (Å²) < 4.78 is 40.6. The van der Waals surface area contributed by atoms with Gasteiger partial charge in [-0.3, -0.25) is 14.4 Å². The van der Waals surface area contributed by atoms with Crippen LogP contribution in [0.15, 0.2) is 24.3 Å². The molecule has 9 nitrogen and oxygen atoms in total. The third kappa shape index (κ3) is 5.45. The molecule has 8 fully saturated rings. The van der Waals surface area contributed by atoms with Crippen LogP contribution in [-0.4, -0.2) is 114 Å². The van der Waals surface area contributed by atoms with Crippen LogP contribution in [0.2, 0.25) is 0 Å². The second-order valence-corrected chi connectivity index (χ2v) is 17.3. The van der Waals surface area contributed by atoms with Gasteiger partial charge in [0.2, 0.25) is 0 Å². The van der Waals surface area contributed by atoms with E-state index in [9.17, 15) is 33.4 Å². The number of esters is 2. The second kappa shape index (κ2) is 13.0. The minimum atomic E-state index is -1.61. The van der Waals surface area contributed by atoms with E-state index in [-0.39, 0.29) is 60.2 Å². The number of piperidine rings is 2. The Bertz CT molecular complexity index is 1410. The predicted octanol–water partition coefficient (Wildman–Crippen LogP) is 3.81. The number of hydrogen-bond donors (Lipinski definition) is 2. The molecule has 1 spiro atoms. The van der Waals surface area contributed by atoms with Gasteiger partial charge in [0.15, 0.2) is 0 Å². The van der Waals surface area contributed by atoms with Crippen molar-refractivity contribution in [2.24, 2.45) is 52.8 Å². The summed E-state index contributed by atoms with van der Waals surface area (Å²) >= 11 is 0. The van der Waals surface area contributed by atoms with Crippen molar-refractivity contribution in [1.29, 1.82) is 0 Å². The summed E-state index contributed by atoms with van der Waals surface area (Å²) in [5, 5.41) is 23.2. The average molecular weight is 701 g/mol. The van der Waals surface area contributed by atoms with Gasteiger partial charge < -0.3 is 29.5 Å². The number of alkyl halides is 2. The number of aliphatic hydroxyl groups is 2. The summed E-state index contributed by atoms with van der Waals surface area (Å²) in [6.45, 7) is 11.8. The zero-order valence-electron chi connectivity index (χ0n) is 29.2. The molecular formula is C39H54F2N2O7. The first kappa shape index (κ1) is 34.9. The molecule has 4 saturated heterocycles. The Balaban J connectivity index is 1.15. The van der Waals surface area contributed by atoms with E-state index in [1.54, 1.807) is 0 Å². The van der Waals surface area contributed by atoms with Gasteiger partial charge in [-0.15, -0.1) is 0 Å². The first-order valence-corrected chi connectivity index (χ1v) is 19.3. The van der Waals surface area contributed by atoms with Crippen LogP contribution in [0, 0.1) is 52.8 Å². The average Bonchev–Trinajstić information content (AvgIpc) is 3.60. The number of rotatable bonds is 5. The molecule has 8 rings (SSSR count). The number of carbonyl (C=O) groups is 3. The van der Waals surface area contributed by atoms with E-state index in [1.807, 2.05) is 0 Å². The second-order valence-electron chi connectivity index (χ2n) is 17.3. The van der Waals surface area contributed by atoms with Gasteiger partial charge in [-0.25, -0.2) is 8.78 Å². The fourth-order valence-electron chi connectivity index (χ4n) is 12.4. The highest BCUT2D eigenvalue weighted by Gasteiger charge is 2.73. The number of likely N-dealkylation sites (tertiary alicyclic amines) is 2. The van der Waals surface area contributed by atoms with Gasteiger partial charge in [0.1, 0.15) is 30.3 Å². The van der Waals surface area contributed by atoms with Crippen LogP contribution in [0.4, 0.5) is 8.78 Å². The van der Waals surface area contributed by atoms with Crippen LogP contribution in [-0.2, 0) is 23.9 Å². The lowest BCUT2D eigenvalue weighted by Crippen LogP contribution is -2.63. The normalized spacial score (nSPS) is 46.2. The number of nitrogens with zero attached hydrogens (tertiary/aromatic N) is 2. The standard InChI is InChI=1S/C39H54F2N2O7/c1-21-3-5-25-28(18-42-13-7-23(40)8-14-42)36(46)49-34(25)32-27(21)17-30(45)39(32)12-11-38(48,20-44)33-31(39)22(2)4-6-26-29(37(47)50-35(26)33)19-43-15-9-24(41)10-16-43/h23-29,31-35,44,48H,1-20H2/t25-,26-,27-,28?,29?,31-,32-,33-,34-,35-,38+,39-/m0/s1. The molecule has 0 aromatic carbocycles. The van der Waals surface area contributed by atoms with Gasteiger partial charge in [-0.05, 0) is 70.1 Å². The van der Waals surface area contributed by atoms with Crippen molar-refractivity contribution in [2.75, 3.05) is 45.9 Å². The maximum Gasteiger partial charge on any atom is 0.310 e. The molecule has 4 saturated carbocycles. The molecule has 0 amide bonds. The maximum atomic E-state index is 14.8. The molecule has 2 N–H and O–H groups in total. The zero-order chi connectivity index (χ0) is 35.1. The number of aliphatic hydroxyl groups excluding tert-OH is 1. The Morgan fingerprint density at radius 1 is 0.740 bits per heavy atom. The molecule has 4 aliphatic carbocycles. The summed E-state index contributed by atoms with van der Waals surface area (Å²) in [7, 11) is 0. The summed E-state index contributed by atoms with van der Waals surface area (Å²) in [5.74, 6) is -3.70. The minimum absolute atomic E-state index is 0.0587. The fourth-order valence-corrected chi connectivity index (χ4v) is 12.4. The lowest BCUT2D eigenvalue weighted by atomic mass is 9.48. The number of hydrogen-bond acceptors (Lipinski definition) is 9. The van der Waals surface area contributed by atoms with E-state index in [2.05, 4.69) is 23.0 Å². The molecule has 4 aliphatic heterocycles. The SMILES string of the molecule is C=C1CC[C@H]2C(CN3CCC(F)CC3)C(=O)O[C@@H]2[C@@H]2[C@H]1CC(=O)[C@]21CC[C@@](O)(CO)[C@@H]2[C@H]3OC(=O)C(CN4CCC(F)CC4)[C@@H]3CCC(=C)[C@@H]21. The molecule has 0 aromatic rings. The first-order valence-electron chi connectivity index (χ1n) is 19.3. The van der Waals surface area contributed by atoms with E-state index in [1.165, 1.54) is 0 Å². The number of carbonyl (C=O) groups excluding carboxylic acids is 3. The van der Waals surface area contributed by atoms with E-state index in [0.29, 0.717) is 90.6 Å². The Kier molecular flexibility index (Phi) is 9.08. The molecule has 0 radical (unpaired) electrons. The number of allylic oxidation sites excluding steroid dienone is 2. The highest BCUT2D eigenvalue weighted by molar-refractivity contribution is 5.90. The highest BCUT2D eigenvalue weighted by Crippen LogP contribution is 2.68. The van der Waals surface area contributed by atoms with Crippen molar-refractivity contribution >= 4 is 17.7 Å². The number of ketones is 1. The van der Waals surface area contributed by atoms with E-state index in [0.717, 1.165) is 17.6 Å². The first-order chi connectivity index (χ1) is 23.9. The summed E-state index contributed by atoms with van der Waals surface area (Å²) in [6, 6.07) is 0. The van der Waals surface area contributed by atoms with Crippen LogP contribution >= 0.6 is 0 Å². The Morgan fingerprint density at radius 2 is 1.24 bits per heavy atom. The monoisotopic (exact) mass is 700 g/mol. The van der Waals surface area contributed by atoms with Crippen LogP contribution in [0.5, 0.6) is 0 Å². The Labute approximate surface area is 293 Å². The van der Waals surface area contributed by atoms with E-state index in [4.69, 9.17) is 9.47 Å². The lowest BCUT2D eigenvalue weighted by Gasteiger charge is -2.57. The molecular weight excluding hydrogens is 646 g/mol. The van der Waals surface area contributed by atoms with Gasteiger partial charge in [0, 0.05) is 80.7 Å². The number of ether oxygens (including phenoxy) is 2. The van der Waals surface area contributed by atoms with E-state index < -0.39 is 59.9 Å². The molecule has 2 unspecified atom stereocenters. The Morgan fingerprint density at radius 3 is 1.76 bits per heavy atom. The molecule has 8 aliphatic rings. The van der Waals surface area contributed by atoms with Gasteiger partial charge in [0.25, 0.3) is 0 Å². The predicted molar refractivity (Wildman–Crippen MR) is 179 cm³/mol. The third-order valence-corrected chi connectivity index (χ3v) is 14.9. The zero-order valence-corrected chi connectivity index (χ0v) is 29.2. The summed E-state index contributed by atoms with van der Waals surface area (Å²) in [4.78, 5) is 46.6. The molecule has 50 heavy (non-hydrogen) atoms. The fraction of sp³-hybridized carbons (Fsp3) is 0.821. The van der Waals surface area contributed by atoms with Gasteiger partial charge in [0.05, 0.1) is 24.0 Å². The van der Waals surface area contributed by atoms with Crippen LogP contribution in [0.1, 0.15) is 70.6 Å². The summed E-state index contributed by atoms with van der Waals surface area (Å²) in [6.07, 6.45) is 2.15. The highest BCUT2D eigenvalue weighted by atomic mass is 19.1. The largest absolute Gasteiger partial charge is 0.461 e. The van der Waals surface area contributed by atoms with Crippen molar-refractivity contribution in [3.63, 3.8) is 0 Å². The van der Waals surface area contributed by atoms with E-state index >= 15 is 0 Å². The van der Waals surface area contributed by atoms with Crippen LogP contribution in [0.3, 0.4) is 0 Å². The van der Waals surface area contributed by atoms with Crippen molar-refractivity contribution in [3.8, 4) is 0 Å². The quantitative estimate of drug-likeness (QED) is 0.327. The Hall–Kier alpha value is -2.21. The minimum Gasteiger partial charge on any atom is -0.461 e. The smallest absolute Gasteiger partial charge is 0.310 e. The molecule has 12 atom stereocenters. The molecule has 4 heterocycles. The molecule has 11 heteroatoms. The van der Waals surface area contributed by atoms with Crippen molar-refractivity contribution in [1.82, 2.24) is 9.80 Å². The number of Topliss-reactive ketones (excluding diaryl/α,β-unsaturated/α-hetero) is 1. The maximum absolute atomic E-state index is 14.8. The van der Waals surface area contributed by atoms with Crippen LogP contribution < -0.4 is 0 Å². The number of halogens is 2. The van der Waals surface area contributed by atoms with Crippen molar-refractivity contribution in [2.45, 2.75) is 101 Å². The van der Waals surface area contributed by atoms with Gasteiger partial charge in [-0.2, -0.15) is 0 Å². The third-order valence-electron chi connectivity index (χ3n) is 14.9.